The summed E-state index contributed by atoms with van der Waals surface area (Å²) in [6, 6.07) is 3.42. The van der Waals surface area contributed by atoms with Crippen LogP contribution in [0.4, 0.5) is 5.69 Å². The van der Waals surface area contributed by atoms with Crippen molar-refractivity contribution in [2.75, 3.05) is 25.9 Å². The first-order valence-electron chi connectivity index (χ1n) is 6.76. The third kappa shape index (κ3) is 2.82. The molecule has 1 aliphatic rings. The Bertz CT molecular complexity index is 567. The highest BCUT2D eigenvalue weighted by Gasteiger charge is 2.31. The molecular weight excluding hydrogens is 276 g/mol. The average Bonchev–Trinajstić information content (AvgIpc) is 2.37. The van der Waals surface area contributed by atoms with Crippen LogP contribution < -0.4 is 5.73 Å². The smallest absolute Gasteiger partial charge is 0.243 e. The van der Waals surface area contributed by atoms with Crippen LogP contribution in [-0.4, -0.2) is 39.0 Å². The van der Waals surface area contributed by atoms with E-state index in [4.69, 9.17) is 10.5 Å². The second-order valence-corrected chi connectivity index (χ2v) is 7.20. The van der Waals surface area contributed by atoms with E-state index in [1.807, 2.05) is 0 Å². The predicted octanol–water partition coefficient (Wildman–Crippen LogP) is 1.69. The maximum atomic E-state index is 12.8. The van der Waals surface area contributed by atoms with E-state index in [9.17, 15) is 8.42 Å². The van der Waals surface area contributed by atoms with Gasteiger partial charge in [0.05, 0.1) is 11.0 Å². The van der Waals surface area contributed by atoms with Crippen LogP contribution in [0.1, 0.15) is 24.0 Å². The zero-order valence-corrected chi connectivity index (χ0v) is 13.0. The van der Waals surface area contributed by atoms with Crippen molar-refractivity contribution in [1.29, 1.82) is 0 Å². The van der Waals surface area contributed by atoms with Gasteiger partial charge in [0.15, 0.2) is 0 Å². The van der Waals surface area contributed by atoms with Crippen molar-refractivity contribution in [3.05, 3.63) is 23.3 Å². The Morgan fingerprint density at radius 3 is 2.15 bits per heavy atom. The first kappa shape index (κ1) is 15.3. The largest absolute Gasteiger partial charge is 0.399 e. The van der Waals surface area contributed by atoms with Gasteiger partial charge in [0.2, 0.25) is 10.0 Å². The highest BCUT2D eigenvalue weighted by Crippen LogP contribution is 2.28. The number of piperidine rings is 1. The molecule has 0 radical (unpaired) electrons. The van der Waals surface area contributed by atoms with Crippen LogP contribution in [0, 0.1) is 13.8 Å². The second kappa shape index (κ2) is 5.71. The van der Waals surface area contributed by atoms with E-state index in [-0.39, 0.29) is 6.10 Å². The van der Waals surface area contributed by atoms with Crippen molar-refractivity contribution in [2.24, 2.45) is 0 Å². The summed E-state index contributed by atoms with van der Waals surface area (Å²) in [5, 5.41) is 0. The van der Waals surface area contributed by atoms with Crippen molar-refractivity contribution < 1.29 is 13.2 Å². The Morgan fingerprint density at radius 2 is 1.70 bits per heavy atom. The molecule has 0 amide bonds. The fraction of sp³-hybridized carbons (Fsp3) is 0.571. The van der Waals surface area contributed by atoms with Gasteiger partial charge in [-0.3, -0.25) is 0 Å². The molecule has 1 fully saturated rings. The summed E-state index contributed by atoms with van der Waals surface area (Å²) in [6.45, 7) is 4.59. The minimum Gasteiger partial charge on any atom is -0.399 e. The number of benzene rings is 1. The van der Waals surface area contributed by atoms with Crippen molar-refractivity contribution in [1.82, 2.24) is 4.31 Å². The third-order valence-electron chi connectivity index (χ3n) is 3.81. The van der Waals surface area contributed by atoms with Gasteiger partial charge in [-0.15, -0.1) is 0 Å². The number of ether oxygens (including phenoxy) is 1. The molecule has 0 bridgehead atoms. The molecule has 0 unspecified atom stereocenters. The van der Waals surface area contributed by atoms with Crippen molar-refractivity contribution in [2.45, 2.75) is 37.7 Å². The lowest BCUT2D eigenvalue weighted by atomic mass is 10.1. The lowest BCUT2D eigenvalue weighted by Crippen LogP contribution is -2.41. The molecular formula is C14H22N2O3S. The summed E-state index contributed by atoms with van der Waals surface area (Å²) in [4.78, 5) is 0.391. The number of methoxy groups -OCH3 is 1. The van der Waals surface area contributed by atoms with Gasteiger partial charge in [-0.1, -0.05) is 0 Å². The fourth-order valence-electron chi connectivity index (χ4n) is 2.83. The monoisotopic (exact) mass is 298 g/mol. The van der Waals surface area contributed by atoms with E-state index in [1.165, 1.54) is 0 Å². The third-order valence-corrected chi connectivity index (χ3v) is 6.02. The summed E-state index contributed by atoms with van der Waals surface area (Å²) < 4.78 is 32.4. The van der Waals surface area contributed by atoms with Crippen LogP contribution in [0.2, 0.25) is 0 Å². The molecule has 0 saturated carbocycles. The standard InChI is InChI=1S/C14H22N2O3S/c1-10-8-12(15)9-11(2)14(10)20(17,18)16-6-4-13(19-3)5-7-16/h8-9,13H,4-7,15H2,1-3H3. The molecule has 1 aromatic carbocycles. The molecule has 2 N–H and O–H groups in total. The maximum absolute atomic E-state index is 12.8. The van der Waals surface area contributed by atoms with Crippen molar-refractivity contribution in [3.8, 4) is 0 Å². The topological polar surface area (TPSA) is 72.6 Å². The Hall–Kier alpha value is -1.11. The van der Waals surface area contributed by atoms with Gasteiger partial charge in [-0.05, 0) is 49.9 Å². The lowest BCUT2D eigenvalue weighted by molar-refractivity contribution is 0.0604. The highest BCUT2D eigenvalue weighted by atomic mass is 32.2. The van der Waals surface area contributed by atoms with Crippen molar-refractivity contribution in [3.63, 3.8) is 0 Å². The SMILES string of the molecule is COC1CCN(S(=O)(=O)c2c(C)cc(N)cc2C)CC1. The van der Waals surface area contributed by atoms with Gasteiger partial charge in [0.25, 0.3) is 0 Å². The number of hydrogen-bond acceptors (Lipinski definition) is 4. The number of nitrogens with zero attached hydrogens (tertiary/aromatic N) is 1. The Balaban J connectivity index is 2.32. The number of nitrogen functional groups attached to an aromatic ring is 1. The summed E-state index contributed by atoms with van der Waals surface area (Å²) in [7, 11) is -1.78. The van der Waals surface area contributed by atoms with Gasteiger partial charge in [-0.2, -0.15) is 4.31 Å². The van der Waals surface area contributed by atoms with Crippen LogP contribution in [0.5, 0.6) is 0 Å². The first-order chi connectivity index (χ1) is 9.36. The zero-order valence-electron chi connectivity index (χ0n) is 12.2. The number of aryl methyl sites for hydroxylation is 2. The minimum atomic E-state index is -3.45. The van der Waals surface area contributed by atoms with E-state index in [2.05, 4.69) is 0 Å². The number of sulfonamides is 1. The quantitative estimate of drug-likeness (QED) is 0.862. The molecule has 1 heterocycles. The van der Waals surface area contributed by atoms with Crippen LogP contribution in [0.15, 0.2) is 17.0 Å². The van der Waals surface area contributed by atoms with E-state index < -0.39 is 10.0 Å². The molecule has 6 heteroatoms. The lowest BCUT2D eigenvalue weighted by Gasteiger charge is -2.31. The molecule has 0 atom stereocenters. The van der Waals surface area contributed by atoms with Crippen LogP contribution in [0.25, 0.3) is 0 Å². The number of hydrogen-bond donors (Lipinski definition) is 1. The maximum Gasteiger partial charge on any atom is 0.243 e. The van der Waals surface area contributed by atoms with E-state index in [0.29, 0.717) is 34.8 Å². The molecule has 20 heavy (non-hydrogen) atoms. The predicted molar refractivity (Wildman–Crippen MR) is 79.1 cm³/mol. The molecule has 1 aromatic rings. The molecule has 112 valence electrons. The molecule has 1 saturated heterocycles. The van der Waals surface area contributed by atoms with Crippen LogP contribution >= 0.6 is 0 Å². The normalized spacial score (nSPS) is 18.4. The van der Waals surface area contributed by atoms with E-state index in [1.54, 1.807) is 37.4 Å². The van der Waals surface area contributed by atoms with Gasteiger partial charge in [0, 0.05) is 25.9 Å². The minimum absolute atomic E-state index is 0.162. The van der Waals surface area contributed by atoms with E-state index in [0.717, 1.165) is 12.8 Å². The number of nitrogens with two attached hydrogens (primary N) is 1. The van der Waals surface area contributed by atoms with E-state index >= 15 is 0 Å². The molecule has 0 spiro atoms. The average molecular weight is 298 g/mol. The molecule has 0 aliphatic carbocycles. The van der Waals surface area contributed by atoms with Gasteiger partial charge in [-0.25, -0.2) is 8.42 Å². The van der Waals surface area contributed by atoms with Crippen LogP contribution in [-0.2, 0) is 14.8 Å². The summed E-state index contributed by atoms with van der Waals surface area (Å²) >= 11 is 0. The first-order valence-corrected chi connectivity index (χ1v) is 8.20. The molecule has 1 aliphatic heterocycles. The van der Waals surface area contributed by atoms with Crippen molar-refractivity contribution >= 4 is 15.7 Å². The molecule has 5 nitrogen and oxygen atoms in total. The number of rotatable bonds is 3. The Kier molecular flexibility index (Phi) is 4.36. The summed E-state index contributed by atoms with van der Waals surface area (Å²) in [6.07, 6.45) is 1.64. The van der Waals surface area contributed by atoms with Gasteiger partial charge >= 0.3 is 0 Å². The fourth-order valence-corrected chi connectivity index (χ4v) is 4.71. The van der Waals surface area contributed by atoms with Gasteiger partial charge < -0.3 is 10.5 Å². The van der Waals surface area contributed by atoms with Gasteiger partial charge in [0.1, 0.15) is 0 Å². The Morgan fingerprint density at radius 1 is 1.20 bits per heavy atom. The zero-order chi connectivity index (χ0) is 14.9. The Labute approximate surface area is 120 Å². The summed E-state index contributed by atoms with van der Waals surface area (Å²) in [5.74, 6) is 0. The summed E-state index contributed by atoms with van der Waals surface area (Å²) in [5.41, 5.74) is 7.77. The molecule has 0 aromatic heterocycles. The van der Waals surface area contributed by atoms with Crippen LogP contribution in [0.3, 0.4) is 0 Å². The molecule has 2 rings (SSSR count). The second-order valence-electron chi connectivity index (χ2n) is 5.32. The number of anilines is 1. The highest BCUT2D eigenvalue weighted by molar-refractivity contribution is 7.89.